The van der Waals surface area contributed by atoms with E-state index in [1.54, 1.807) is 6.92 Å². The molecule has 1 rings (SSSR count). The number of carbonyl (C=O) groups is 1. The zero-order valence-electron chi connectivity index (χ0n) is 5.55. The van der Waals surface area contributed by atoms with Crippen LogP contribution in [0.1, 0.15) is 20.3 Å². The molecule has 0 bridgehead atoms. The lowest BCUT2D eigenvalue weighted by Gasteiger charge is -1.97. The summed E-state index contributed by atoms with van der Waals surface area (Å²) in [5.74, 6) is -0.292. The van der Waals surface area contributed by atoms with Gasteiger partial charge in [0.25, 0.3) is 0 Å². The van der Waals surface area contributed by atoms with Gasteiger partial charge in [-0.15, -0.1) is 0 Å². The Morgan fingerprint density at radius 1 is 1.78 bits per heavy atom. The minimum absolute atomic E-state index is 0.0787. The van der Waals surface area contributed by atoms with E-state index in [2.05, 4.69) is 9.99 Å². The summed E-state index contributed by atoms with van der Waals surface area (Å²) in [6, 6.07) is 0. The van der Waals surface area contributed by atoms with Crippen molar-refractivity contribution in [1.82, 2.24) is 0 Å². The molecule has 1 unspecified atom stereocenters. The van der Waals surface area contributed by atoms with Gasteiger partial charge in [0.2, 0.25) is 0 Å². The van der Waals surface area contributed by atoms with Crippen LogP contribution in [0.25, 0.3) is 0 Å². The summed E-state index contributed by atoms with van der Waals surface area (Å²) in [5, 5.41) is 3.54. The molecule has 1 aliphatic heterocycles. The fourth-order valence-corrected chi connectivity index (χ4v) is 0.877. The van der Waals surface area contributed by atoms with Crippen molar-refractivity contribution < 1.29 is 9.63 Å². The molecule has 0 aromatic carbocycles. The van der Waals surface area contributed by atoms with E-state index in [1.807, 2.05) is 6.92 Å². The van der Waals surface area contributed by atoms with Gasteiger partial charge in [-0.05, 0) is 13.3 Å². The Morgan fingerprint density at radius 2 is 2.44 bits per heavy atom. The quantitative estimate of drug-likeness (QED) is 0.492. The molecule has 0 saturated heterocycles. The molecule has 0 saturated carbocycles. The first kappa shape index (κ1) is 6.26. The molecule has 0 N–H and O–H groups in total. The lowest BCUT2D eigenvalue weighted by Crippen LogP contribution is -2.14. The highest BCUT2D eigenvalue weighted by Gasteiger charge is 2.27. The van der Waals surface area contributed by atoms with E-state index in [1.165, 1.54) is 0 Å². The summed E-state index contributed by atoms with van der Waals surface area (Å²) in [6.07, 6.45) is 0.786. The fraction of sp³-hybridized carbons (Fsp3) is 0.667. The van der Waals surface area contributed by atoms with Gasteiger partial charge in [0.15, 0.2) is 0 Å². The van der Waals surface area contributed by atoms with Crippen molar-refractivity contribution in [3.63, 3.8) is 0 Å². The van der Waals surface area contributed by atoms with Crippen molar-refractivity contribution >= 4 is 11.7 Å². The average molecular weight is 127 g/mol. The second-order valence-electron chi connectivity index (χ2n) is 2.10. The van der Waals surface area contributed by atoms with E-state index >= 15 is 0 Å². The van der Waals surface area contributed by atoms with Crippen LogP contribution in [0.5, 0.6) is 0 Å². The highest BCUT2D eigenvalue weighted by Crippen LogP contribution is 2.14. The molecule has 3 nitrogen and oxygen atoms in total. The molecular formula is C6H9NO2. The Hall–Kier alpha value is -0.860. The van der Waals surface area contributed by atoms with Crippen LogP contribution in [0.3, 0.4) is 0 Å². The standard InChI is InChI=1S/C6H9NO2/c1-3-5-4(2)7-9-6(5)8/h5H,3H2,1-2H3. The van der Waals surface area contributed by atoms with Gasteiger partial charge in [0.05, 0.1) is 5.71 Å². The lowest BCUT2D eigenvalue weighted by molar-refractivity contribution is -0.143. The monoisotopic (exact) mass is 127 g/mol. The van der Waals surface area contributed by atoms with Gasteiger partial charge in [-0.1, -0.05) is 12.1 Å². The molecule has 0 aliphatic carbocycles. The van der Waals surface area contributed by atoms with Gasteiger partial charge < -0.3 is 4.84 Å². The number of nitrogens with zero attached hydrogens (tertiary/aromatic N) is 1. The zero-order chi connectivity index (χ0) is 6.85. The molecule has 50 valence electrons. The molecule has 0 fully saturated rings. The van der Waals surface area contributed by atoms with E-state index in [4.69, 9.17) is 0 Å². The smallest absolute Gasteiger partial charge is 0.318 e. The third-order valence-corrected chi connectivity index (χ3v) is 1.48. The van der Waals surface area contributed by atoms with Crippen LogP contribution in [0.4, 0.5) is 0 Å². The third kappa shape index (κ3) is 0.943. The normalized spacial score (nSPS) is 25.8. The van der Waals surface area contributed by atoms with Gasteiger partial charge in [0.1, 0.15) is 5.92 Å². The van der Waals surface area contributed by atoms with Crippen LogP contribution >= 0.6 is 0 Å². The molecule has 9 heavy (non-hydrogen) atoms. The highest BCUT2D eigenvalue weighted by atomic mass is 16.7. The van der Waals surface area contributed by atoms with Crippen molar-refractivity contribution in [3.8, 4) is 0 Å². The van der Waals surface area contributed by atoms with Crippen LogP contribution in [-0.4, -0.2) is 11.7 Å². The van der Waals surface area contributed by atoms with Crippen molar-refractivity contribution in [1.29, 1.82) is 0 Å². The minimum atomic E-state index is -0.213. The van der Waals surface area contributed by atoms with E-state index in [0.717, 1.165) is 12.1 Å². The number of hydrogen-bond donors (Lipinski definition) is 0. The summed E-state index contributed by atoms with van der Waals surface area (Å²) in [5.41, 5.74) is 0.794. The molecular weight excluding hydrogens is 118 g/mol. The molecule has 0 spiro atoms. The molecule has 1 aliphatic rings. The van der Waals surface area contributed by atoms with Crippen molar-refractivity contribution in [3.05, 3.63) is 0 Å². The van der Waals surface area contributed by atoms with Gasteiger partial charge in [0, 0.05) is 0 Å². The summed E-state index contributed by atoms with van der Waals surface area (Å²) in [6.45, 7) is 3.75. The van der Waals surface area contributed by atoms with Crippen molar-refractivity contribution in [2.75, 3.05) is 0 Å². The molecule has 1 heterocycles. The van der Waals surface area contributed by atoms with E-state index in [-0.39, 0.29) is 11.9 Å². The summed E-state index contributed by atoms with van der Waals surface area (Å²) < 4.78 is 0. The van der Waals surface area contributed by atoms with E-state index in [0.29, 0.717) is 0 Å². The second-order valence-corrected chi connectivity index (χ2v) is 2.10. The molecule has 0 aromatic rings. The predicted molar refractivity (Wildman–Crippen MR) is 33.0 cm³/mol. The van der Waals surface area contributed by atoms with Crippen LogP contribution in [0.2, 0.25) is 0 Å². The Kier molecular flexibility index (Phi) is 1.51. The largest absolute Gasteiger partial charge is 0.343 e. The third-order valence-electron chi connectivity index (χ3n) is 1.48. The van der Waals surface area contributed by atoms with Gasteiger partial charge in [-0.2, -0.15) is 0 Å². The van der Waals surface area contributed by atoms with Crippen molar-refractivity contribution in [2.45, 2.75) is 20.3 Å². The van der Waals surface area contributed by atoms with Gasteiger partial charge >= 0.3 is 5.97 Å². The van der Waals surface area contributed by atoms with Gasteiger partial charge in [-0.3, -0.25) is 0 Å². The molecule has 0 aromatic heterocycles. The Balaban J connectivity index is 2.67. The predicted octanol–water partition coefficient (Wildman–Crippen LogP) is 0.945. The molecule has 0 radical (unpaired) electrons. The topological polar surface area (TPSA) is 38.7 Å². The summed E-state index contributed by atoms with van der Waals surface area (Å²) in [4.78, 5) is 15.1. The first-order valence-corrected chi connectivity index (χ1v) is 3.01. The van der Waals surface area contributed by atoms with Crippen molar-refractivity contribution in [2.24, 2.45) is 11.1 Å². The number of oxime groups is 1. The van der Waals surface area contributed by atoms with Crippen LogP contribution in [0, 0.1) is 5.92 Å². The fourth-order valence-electron chi connectivity index (χ4n) is 0.877. The lowest BCUT2D eigenvalue weighted by atomic mass is 10.0. The molecule has 1 atom stereocenters. The molecule has 3 heteroatoms. The highest BCUT2D eigenvalue weighted by molar-refractivity contribution is 6.03. The van der Waals surface area contributed by atoms with Crippen LogP contribution < -0.4 is 0 Å². The number of hydrogen-bond acceptors (Lipinski definition) is 3. The number of rotatable bonds is 1. The summed E-state index contributed by atoms with van der Waals surface area (Å²) >= 11 is 0. The average Bonchev–Trinajstić information content (AvgIpc) is 2.12. The first-order valence-electron chi connectivity index (χ1n) is 3.01. The van der Waals surface area contributed by atoms with Crippen LogP contribution in [0.15, 0.2) is 5.16 Å². The Morgan fingerprint density at radius 3 is 2.67 bits per heavy atom. The van der Waals surface area contributed by atoms with E-state index < -0.39 is 0 Å². The maximum absolute atomic E-state index is 10.7. The summed E-state index contributed by atoms with van der Waals surface area (Å²) in [7, 11) is 0. The van der Waals surface area contributed by atoms with Gasteiger partial charge in [-0.25, -0.2) is 4.79 Å². The number of carbonyl (C=O) groups excluding carboxylic acids is 1. The van der Waals surface area contributed by atoms with Crippen LogP contribution in [-0.2, 0) is 9.63 Å². The molecule has 0 amide bonds. The minimum Gasteiger partial charge on any atom is -0.318 e. The Labute approximate surface area is 53.7 Å². The Bertz CT molecular complexity index is 162. The van der Waals surface area contributed by atoms with E-state index in [9.17, 15) is 4.79 Å². The SMILES string of the molecule is CCC1C(=O)ON=C1C. The second kappa shape index (κ2) is 2.17. The maximum Gasteiger partial charge on any atom is 0.343 e. The zero-order valence-corrected chi connectivity index (χ0v) is 5.55. The maximum atomic E-state index is 10.7. The first-order chi connectivity index (χ1) is 4.25.